The van der Waals surface area contributed by atoms with Gasteiger partial charge in [0.25, 0.3) is 0 Å². The minimum Gasteiger partial charge on any atom is -0.348 e. The van der Waals surface area contributed by atoms with Crippen LogP contribution in [-0.4, -0.2) is 9.97 Å². The van der Waals surface area contributed by atoms with Crippen molar-refractivity contribution in [1.29, 1.82) is 0 Å². The third-order valence-corrected chi connectivity index (χ3v) is 1.98. The van der Waals surface area contributed by atoms with Gasteiger partial charge in [0.2, 0.25) is 0 Å². The Morgan fingerprint density at radius 3 is 2.77 bits per heavy atom. The van der Waals surface area contributed by atoms with Gasteiger partial charge < -0.3 is 4.98 Å². The monoisotopic (exact) mass is 171 g/mol. The van der Waals surface area contributed by atoms with Gasteiger partial charge in [-0.25, -0.2) is 4.98 Å². The van der Waals surface area contributed by atoms with Crippen LogP contribution in [0.2, 0.25) is 0 Å². The Morgan fingerprint density at radius 1 is 1.38 bits per heavy atom. The third-order valence-electron chi connectivity index (χ3n) is 1.98. The molecule has 1 aromatic carbocycles. The predicted molar refractivity (Wildman–Crippen MR) is 52.2 cm³/mol. The second-order valence-electron chi connectivity index (χ2n) is 2.87. The normalized spacial score (nSPS) is 10.2. The van der Waals surface area contributed by atoms with Crippen LogP contribution in [-0.2, 0) is 6.42 Å². The van der Waals surface area contributed by atoms with Crippen molar-refractivity contribution >= 4 is 0 Å². The molecule has 0 amide bonds. The zero-order valence-corrected chi connectivity index (χ0v) is 7.54. The summed E-state index contributed by atoms with van der Waals surface area (Å²) < 4.78 is 0. The van der Waals surface area contributed by atoms with E-state index in [2.05, 4.69) is 23.0 Å². The molecule has 0 saturated heterocycles. The summed E-state index contributed by atoms with van der Waals surface area (Å²) in [5, 5.41) is 0. The van der Waals surface area contributed by atoms with Gasteiger partial charge in [0.05, 0.1) is 5.69 Å². The van der Waals surface area contributed by atoms with Gasteiger partial charge in [0, 0.05) is 18.2 Å². The highest BCUT2D eigenvalue weighted by molar-refractivity contribution is 5.57. The highest BCUT2D eigenvalue weighted by atomic mass is 14.9. The molecule has 0 aliphatic heterocycles. The molecule has 0 unspecified atom stereocenters. The van der Waals surface area contributed by atoms with E-state index in [9.17, 15) is 0 Å². The third kappa shape index (κ3) is 1.61. The first kappa shape index (κ1) is 8.05. The van der Waals surface area contributed by atoms with Crippen LogP contribution in [0.5, 0.6) is 0 Å². The SMILES string of the molecule is CCc1nc(-c2cc[c]cc2)c[nH]1. The smallest absolute Gasteiger partial charge is 0.106 e. The van der Waals surface area contributed by atoms with E-state index in [1.54, 1.807) is 0 Å². The minimum absolute atomic E-state index is 0.943. The fourth-order valence-corrected chi connectivity index (χ4v) is 1.25. The number of imidazole rings is 1. The molecule has 1 N–H and O–H groups in total. The van der Waals surface area contributed by atoms with Gasteiger partial charge in [-0.05, 0) is 6.07 Å². The lowest BCUT2D eigenvalue weighted by molar-refractivity contribution is 0.991. The van der Waals surface area contributed by atoms with Crippen LogP contribution in [0.1, 0.15) is 12.7 Å². The van der Waals surface area contributed by atoms with E-state index in [0.29, 0.717) is 0 Å². The van der Waals surface area contributed by atoms with Crippen molar-refractivity contribution in [2.75, 3.05) is 0 Å². The lowest BCUT2D eigenvalue weighted by Crippen LogP contribution is -1.81. The van der Waals surface area contributed by atoms with E-state index in [0.717, 1.165) is 23.5 Å². The Bertz CT molecular complexity index is 376. The van der Waals surface area contributed by atoms with Crippen LogP contribution in [0.4, 0.5) is 0 Å². The molecule has 0 bridgehead atoms. The summed E-state index contributed by atoms with van der Waals surface area (Å²) in [6.45, 7) is 2.08. The van der Waals surface area contributed by atoms with Gasteiger partial charge in [-0.15, -0.1) is 0 Å². The first-order valence-corrected chi connectivity index (χ1v) is 4.41. The van der Waals surface area contributed by atoms with Crippen LogP contribution in [0.3, 0.4) is 0 Å². The van der Waals surface area contributed by atoms with Crippen molar-refractivity contribution in [3.8, 4) is 11.3 Å². The van der Waals surface area contributed by atoms with Gasteiger partial charge >= 0.3 is 0 Å². The number of rotatable bonds is 2. The van der Waals surface area contributed by atoms with Gasteiger partial charge in [0.15, 0.2) is 0 Å². The van der Waals surface area contributed by atoms with Crippen molar-refractivity contribution in [1.82, 2.24) is 9.97 Å². The molecule has 2 nitrogen and oxygen atoms in total. The molecule has 0 aliphatic carbocycles. The van der Waals surface area contributed by atoms with E-state index in [1.165, 1.54) is 0 Å². The molecule has 1 aromatic heterocycles. The van der Waals surface area contributed by atoms with Crippen LogP contribution >= 0.6 is 0 Å². The average Bonchev–Trinajstić information content (AvgIpc) is 2.67. The first-order valence-electron chi connectivity index (χ1n) is 4.41. The number of aryl methyl sites for hydroxylation is 1. The highest BCUT2D eigenvalue weighted by Crippen LogP contribution is 2.15. The number of nitrogens with zero attached hydrogens (tertiary/aromatic N) is 1. The van der Waals surface area contributed by atoms with Crippen LogP contribution < -0.4 is 0 Å². The standard InChI is InChI=1S/C11H11N2/c1-2-11-12-8-10(13-11)9-6-4-3-5-7-9/h4-8H,2H2,1H3,(H,12,13). The van der Waals surface area contributed by atoms with Gasteiger partial charge in [-0.1, -0.05) is 31.2 Å². The molecular formula is C11H11N2. The summed E-state index contributed by atoms with van der Waals surface area (Å²) in [6.07, 6.45) is 2.88. The van der Waals surface area contributed by atoms with Crippen LogP contribution in [0.25, 0.3) is 11.3 Å². The van der Waals surface area contributed by atoms with Crippen molar-refractivity contribution in [3.63, 3.8) is 0 Å². The number of aromatic nitrogens is 2. The van der Waals surface area contributed by atoms with Crippen LogP contribution in [0.15, 0.2) is 30.5 Å². The number of H-pyrrole nitrogens is 1. The number of benzene rings is 1. The van der Waals surface area contributed by atoms with E-state index in [4.69, 9.17) is 0 Å². The number of hydrogen-bond acceptors (Lipinski definition) is 1. The summed E-state index contributed by atoms with van der Waals surface area (Å²) >= 11 is 0. The summed E-state index contributed by atoms with van der Waals surface area (Å²) in [6, 6.07) is 10.8. The molecule has 2 heteroatoms. The molecule has 0 spiro atoms. The van der Waals surface area contributed by atoms with Crippen molar-refractivity contribution < 1.29 is 0 Å². The molecule has 0 saturated carbocycles. The van der Waals surface area contributed by atoms with Crippen molar-refractivity contribution in [3.05, 3.63) is 42.4 Å². The second-order valence-corrected chi connectivity index (χ2v) is 2.87. The Morgan fingerprint density at radius 2 is 2.15 bits per heavy atom. The van der Waals surface area contributed by atoms with E-state index < -0.39 is 0 Å². The van der Waals surface area contributed by atoms with E-state index >= 15 is 0 Å². The lowest BCUT2D eigenvalue weighted by atomic mass is 10.2. The zero-order chi connectivity index (χ0) is 9.10. The maximum absolute atomic E-state index is 4.43. The molecule has 0 aliphatic rings. The number of nitrogens with one attached hydrogen (secondary N) is 1. The fraction of sp³-hybridized carbons (Fsp3) is 0.182. The van der Waals surface area contributed by atoms with Crippen LogP contribution in [0, 0.1) is 6.07 Å². The minimum atomic E-state index is 0.943. The average molecular weight is 171 g/mol. The summed E-state index contributed by atoms with van der Waals surface area (Å²) in [4.78, 5) is 7.56. The predicted octanol–water partition coefficient (Wildman–Crippen LogP) is 2.44. The number of hydrogen-bond donors (Lipinski definition) is 1. The molecule has 13 heavy (non-hydrogen) atoms. The Kier molecular flexibility index (Phi) is 2.13. The largest absolute Gasteiger partial charge is 0.348 e. The summed E-state index contributed by atoms with van der Waals surface area (Å²) in [5.41, 5.74) is 2.14. The maximum atomic E-state index is 4.43. The van der Waals surface area contributed by atoms with Crippen molar-refractivity contribution in [2.45, 2.75) is 13.3 Å². The van der Waals surface area contributed by atoms with Gasteiger partial charge in [-0.3, -0.25) is 0 Å². The Balaban J connectivity index is 2.36. The molecule has 1 radical (unpaired) electrons. The molecular weight excluding hydrogens is 160 g/mol. The van der Waals surface area contributed by atoms with E-state index in [1.807, 2.05) is 30.5 Å². The van der Waals surface area contributed by atoms with Gasteiger partial charge in [0.1, 0.15) is 5.82 Å². The molecule has 0 atom stereocenters. The Labute approximate surface area is 77.6 Å². The van der Waals surface area contributed by atoms with Crippen molar-refractivity contribution in [2.24, 2.45) is 0 Å². The number of aromatic amines is 1. The van der Waals surface area contributed by atoms with E-state index in [-0.39, 0.29) is 0 Å². The maximum Gasteiger partial charge on any atom is 0.106 e. The topological polar surface area (TPSA) is 28.7 Å². The molecule has 0 fully saturated rings. The summed E-state index contributed by atoms with van der Waals surface area (Å²) in [5.74, 6) is 1.03. The lowest BCUT2D eigenvalue weighted by Gasteiger charge is -1.92. The second kappa shape index (κ2) is 3.44. The molecule has 1 heterocycles. The molecule has 2 aromatic rings. The summed E-state index contributed by atoms with van der Waals surface area (Å²) in [7, 11) is 0. The zero-order valence-electron chi connectivity index (χ0n) is 7.54. The Hall–Kier alpha value is -1.57. The fourth-order valence-electron chi connectivity index (χ4n) is 1.25. The molecule has 65 valence electrons. The first-order chi connectivity index (χ1) is 6.40. The van der Waals surface area contributed by atoms with Gasteiger partial charge in [-0.2, -0.15) is 0 Å². The highest BCUT2D eigenvalue weighted by Gasteiger charge is 2.00. The molecule has 2 rings (SSSR count). The quantitative estimate of drug-likeness (QED) is 0.738.